The Morgan fingerprint density at radius 3 is 1.64 bits per heavy atom. The van der Waals surface area contributed by atoms with Gasteiger partial charge in [0.1, 0.15) is 0 Å². The standard InChI is InChI=1S/C24H34F2NO7S2/c25-24(26,14-33-21(28)23-10-18-4-19(11-23)6-20(5-18)12-23)35(29,30)27-36(31,32)34-13-22-7-15-1-16(8-22)3-17(2-15)9-22/h15-20H,1-14H2/q-1. The molecule has 0 unspecified atom stereocenters. The van der Waals surface area contributed by atoms with Crippen molar-refractivity contribution in [3.05, 3.63) is 4.13 Å². The zero-order valence-corrected chi connectivity index (χ0v) is 21.9. The Kier molecular flexibility index (Phi) is 5.88. The second-order valence-electron chi connectivity index (χ2n) is 13.1. The van der Waals surface area contributed by atoms with Gasteiger partial charge >= 0.3 is 11.2 Å². The van der Waals surface area contributed by atoms with Crippen LogP contribution in [0.2, 0.25) is 0 Å². The monoisotopic (exact) mass is 550 g/mol. The third kappa shape index (κ3) is 4.51. The van der Waals surface area contributed by atoms with Crippen LogP contribution in [-0.2, 0) is 34.0 Å². The summed E-state index contributed by atoms with van der Waals surface area (Å²) >= 11 is 0. The summed E-state index contributed by atoms with van der Waals surface area (Å²) in [6, 6.07) is 0. The molecule has 8 aliphatic rings. The summed E-state index contributed by atoms with van der Waals surface area (Å²) in [5.74, 6) is 1.85. The van der Waals surface area contributed by atoms with Gasteiger partial charge in [-0.15, -0.1) is 0 Å². The molecule has 8 aliphatic carbocycles. The van der Waals surface area contributed by atoms with Gasteiger partial charge in [-0.2, -0.15) is 8.78 Å². The van der Waals surface area contributed by atoms with Crippen molar-refractivity contribution in [1.82, 2.24) is 0 Å². The van der Waals surface area contributed by atoms with Crippen LogP contribution in [-0.4, -0.2) is 41.3 Å². The smallest absolute Gasteiger partial charge is 0.363 e. The Morgan fingerprint density at radius 1 is 0.778 bits per heavy atom. The first-order valence-corrected chi connectivity index (χ1v) is 16.0. The van der Waals surface area contributed by atoms with Crippen LogP contribution in [0.1, 0.15) is 77.0 Å². The lowest BCUT2D eigenvalue weighted by Gasteiger charge is -2.56. The van der Waals surface area contributed by atoms with Crippen molar-refractivity contribution >= 4 is 26.3 Å². The second kappa shape index (κ2) is 8.32. The van der Waals surface area contributed by atoms with Crippen molar-refractivity contribution in [2.24, 2.45) is 46.3 Å². The molecule has 0 amide bonds. The highest BCUT2D eigenvalue weighted by atomic mass is 32.3. The topological polar surface area (TPSA) is 118 Å². The van der Waals surface area contributed by atoms with Crippen molar-refractivity contribution in [3.8, 4) is 0 Å². The molecule has 0 spiro atoms. The predicted molar refractivity (Wildman–Crippen MR) is 124 cm³/mol. The van der Waals surface area contributed by atoms with Gasteiger partial charge in [0.25, 0.3) is 0 Å². The van der Waals surface area contributed by atoms with Crippen LogP contribution in [0.5, 0.6) is 0 Å². The maximum absolute atomic E-state index is 14.6. The van der Waals surface area contributed by atoms with E-state index < -0.39 is 43.6 Å². The molecule has 0 aromatic heterocycles. The molecule has 0 heterocycles. The fourth-order valence-electron chi connectivity index (χ4n) is 9.60. The summed E-state index contributed by atoms with van der Waals surface area (Å²) in [6.07, 6.45) is 10.6. The molecule has 0 radical (unpaired) electrons. The van der Waals surface area contributed by atoms with Crippen LogP contribution >= 0.6 is 0 Å². The third-order valence-electron chi connectivity index (χ3n) is 10.1. The summed E-state index contributed by atoms with van der Waals surface area (Å²) < 4.78 is 90.8. The molecule has 0 aliphatic heterocycles. The van der Waals surface area contributed by atoms with Gasteiger partial charge in [0, 0.05) is 0 Å². The molecule has 0 atom stereocenters. The van der Waals surface area contributed by atoms with E-state index in [0.29, 0.717) is 54.8 Å². The summed E-state index contributed by atoms with van der Waals surface area (Å²) in [5.41, 5.74) is -1.20. The Hall–Kier alpha value is -0.850. The van der Waals surface area contributed by atoms with Crippen LogP contribution in [0.25, 0.3) is 4.13 Å². The van der Waals surface area contributed by atoms with E-state index in [0.717, 1.165) is 57.8 Å². The summed E-state index contributed by atoms with van der Waals surface area (Å²) in [4.78, 5) is 12.8. The van der Waals surface area contributed by atoms with Gasteiger partial charge in [0.2, 0.25) is 10.3 Å². The maximum Gasteiger partial charge on any atom is 0.363 e. The lowest BCUT2D eigenvalue weighted by molar-refractivity contribution is -0.176. The van der Waals surface area contributed by atoms with Gasteiger partial charge in [-0.05, 0) is 118 Å². The largest absolute Gasteiger partial charge is 0.458 e. The van der Waals surface area contributed by atoms with Gasteiger partial charge in [-0.25, -0.2) is 16.8 Å². The molecule has 12 heteroatoms. The molecule has 204 valence electrons. The highest BCUT2D eigenvalue weighted by Gasteiger charge is 2.56. The minimum absolute atomic E-state index is 0.246. The zero-order chi connectivity index (χ0) is 25.6. The average Bonchev–Trinajstić information content (AvgIpc) is 2.74. The van der Waals surface area contributed by atoms with E-state index in [1.54, 1.807) is 0 Å². The number of ether oxygens (including phenoxy) is 1. The third-order valence-corrected chi connectivity index (χ3v) is 12.9. The van der Waals surface area contributed by atoms with E-state index in [1.165, 1.54) is 0 Å². The molecule has 0 aromatic rings. The van der Waals surface area contributed by atoms with Crippen LogP contribution in [0.15, 0.2) is 0 Å². The summed E-state index contributed by atoms with van der Waals surface area (Å²) in [7, 11) is -11.0. The van der Waals surface area contributed by atoms with E-state index in [4.69, 9.17) is 8.92 Å². The Labute approximate surface area is 211 Å². The molecule has 0 N–H and O–H groups in total. The number of alkyl halides is 2. The molecular formula is C24H34F2NO7S2-. The summed E-state index contributed by atoms with van der Waals surface area (Å²) in [5, 5.41) is -4.68. The number of rotatable bonds is 9. The lowest BCUT2D eigenvalue weighted by Crippen LogP contribution is -2.51. The molecular weight excluding hydrogens is 516 g/mol. The van der Waals surface area contributed by atoms with E-state index in [2.05, 4.69) is 4.13 Å². The SMILES string of the molecule is O=C(OCC(F)(F)S(=O)(=O)[N-]S(=O)(=O)OCC12CC3CC(CC(C3)C1)C2)C12CC3CC(CC(C3)C1)C2. The minimum atomic E-state index is -5.85. The van der Waals surface area contributed by atoms with Crippen LogP contribution < -0.4 is 0 Å². The molecule has 8 saturated carbocycles. The highest BCUT2D eigenvalue weighted by molar-refractivity contribution is 8.10. The molecule has 0 aromatic carbocycles. The molecule has 8 nitrogen and oxygen atoms in total. The van der Waals surface area contributed by atoms with Gasteiger partial charge in [-0.1, -0.05) is 0 Å². The number of sulfonamides is 1. The first-order valence-electron chi connectivity index (χ1n) is 13.2. The van der Waals surface area contributed by atoms with E-state index >= 15 is 0 Å². The van der Waals surface area contributed by atoms with Crippen LogP contribution in [0.4, 0.5) is 8.78 Å². The molecule has 8 rings (SSSR count). The number of esters is 1. The molecule has 0 saturated heterocycles. The number of halogens is 2. The van der Waals surface area contributed by atoms with Gasteiger partial charge in [-0.3, -0.25) is 8.98 Å². The Balaban J connectivity index is 1.06. The summed E-state index contributed by atoms with van der Waals surface area (Å²) in [6.45, 7) is -2.01. The number of carbonyl (C=O) groups is 1. The van der Waals surface area contributed by atoms with Crippen molar-refractivity contribution < 1.29 is 39.3 Å². The number of nitrogens with zero attached hydrogens (tertiary/aromatic N) is 1. The maximum atomic E-state index is 14.6. The van der Waals surface area contributed by atoms with Crippen molar-refractivity contribution in [2.75, 3.05) is 13.2 Å². The predicted octanol–water partition coefficient (Wildman–Crippen LogP) is 4.52. The van der Waals surface area contributed by atoms with Gasteiger partial charge in [0.05, 0.1) is 12.0 Å². The molecule has 8 fully saturated rings. The highest BCUT2D eigenvalue weighted by Crippen LogP contribution is 2.61. The normalized spacial score (nSPS) is 43.2. The van der Waals surface area contributed by atoms with E-state index in [9.17, 15) is 30.4 Å². The fourth-order valence-corrected chi connectivity index (χ4v) is 11.8. The first kappa shape index (κ1) is 25.4. The van der Waals surface area contributed by atoms with Gasteiger partial charge in [0.15, 0.2) is 16.6 Å². The Bertz CT molecular complexity index is 1070. The second-order valence-corrected chi connectivity index (χ2v) is 16.3. The van der Waals surface area contributed by atoms with Gasteiger partial charge < -0.3 is 8.86 Å². The fraction of sp³-hybridized carbons (Fsp3) is 0.958. The lowest BCUT2D eigenvalue weighted by atomic mass is 9.49. The number of carbonyl (C=O) groups excluding carboxylic acids is 1. The minimum Gasteiger partial charge on any atom is -0.458 e. The zero-order valence-electron chi connectivity index (χ0n) is 20.2. The molecule has 36 heavy (non-hydrogen) atoms. The number of hydrogen-bond donors (Lipinski definition) is 0. The number of hydrogen-bond acceptors (Lipinski definition) is 7. The average molecular weight is 551 g/mol. The molecule has 8 bridgehead atoms. The van der Waals surface area contributed by atoms with Crippen LogP contribution in [0.3, 0.4) is 0 Å². The van der Waals surface area contributed by atoms with Crippen molar-refractivity contribution in [3.63, 3.8) is 0 Å². The van der Waals surface area contributed by atoms with Crippen molar-refractivity contribution in [1.29, 1.82) is 0 Å². The van der Waals surface area contributed by atoms with E-state index in [1.807, 2.05) is 0 Å². The van der Waals surface area contributed by atoms with Crippen molar-refractivity contribution in [2.45, 2.75) is 82.3 Å². The quantitative estimate of drug-likeness (QED) is 0.387. The van der Waals surface area contributed by atoms with Crippen LogP contribution in [0, 0.1) is 46.3 Å². The van der Waals surface area contributed by atoms with E-state index in [-0.39, 0.29) is 12.0 Å². The Morgan fingerprint density at radius 2 is 1.19 bits per heavy atom. The first-order chi connectivity index (χ1) is 16.8.